The first kappa shape index (κ1) is 13.9. The van der Waals surface area contributed by atoms with E-state index in [2.05, 4.69) is 4.74 Å². The Morgan fingerprint density at radius 3 is 2.53 bits per heavy atom. The van der Waals surface area contributed by atoms with Crippen molar-refractivity contribution in [2.75, 3.05) is 7.11 Å². The van der Waals surface area contributed by atoms with Crippen molar-refractivity contribution in [3.05, 3.63) is 35.1 Å². The molecule has 1 aromatic rings. The van der Waals surface area contributed by atoms with Gasteiger partial charge in [-0.25, -0.2) is 9.18 Å². The Balaban J connectivity index is 0.00000196. The van der Waals surface area contributed by atoms with E-state index < -0.39 is 11.8 Å². The number of rotatable bonds is 2. The Kier molecular flexibility index (Phi) is 5.25. The molecular formula is C10H13ClFNO2. The van der Waals surface area contributed by atoms with E-state index in [1.807, 2.05) is 0 Å². The summed E-state index contributed by atoms with van der Waals surface area (Å²) in [7, 11) is 1.21. The number of esters is 1. The second-order valence-electron chi connectivity index (χ2n) is 3.02. The van der Waals surface area contributed by atoms with Crippen molar-refractivity contribution in [3.8, 4) is 0 Å². The second-order valence-corrected chi connectivity index (χ2v) is 3.02. The number of hydrogen-bond donors (Lipinski definition) is 1. The lowest BCUT2D eigenvalue weighted by Crippen LogP contribution is -2.08. The molecule has 0 saturated heterocycles. The fraction of sp³-hybridized carbons (Fsp3) is 0.300. The molecule has 0 bridgehead atoms. The van der Waals surface area contributed by atoms with Gasteiger partial charge in [0.05, 0.1) is 12.7 Å². The molecule has 3 nitrogen and oxygen atoms in total. The van der Waals surface area contributed by atoms with Crippen molar-refractivity contribution in [1.82, 2.24) is 0 Å². The summed E-state index contributed by atoms with van der Waals surface area (Å²) in [6.45, 7) is 1.74. The molecule has 0 aliphatic heterocycles. The molecule has 1 rings (SSSR count). The molecule has 0 amide bonds. The first-order valence-electron chi connectivity index (χ1n) is 4.19. The van der Waals surface area contributed by atoms with Crippen LogP contribution in [0.2, 0.25) is 0 Å². The predicted octanol–water partition coefficient (Wildman–Crippen LogP) is 2.05. The van der Waals surface area contributed by atoms with Crippen LogP contribution in [0.1, 0.15) is 28.9 Å². The van der Waals surface area contributed by atoms with E-state index in [1.54, 1.807) is 13.0 Å². The van der Waals surface area contributed by atoms with E-state index in [0.717, 1.165) is 0 Å². The van der Waals surface area contributed by atoms with E-state index in [0.29, 0.717) is 5.56 Å². The highest BCUT2D eigenvalue weighted by molar-refractivity contribution is 5.89. The molecule has 0 saturated carbocycles. The van der Waals surface area contributed by atoms with Crippen molar-refractivity contribution in [3.63, 3.8) is 0 Å². The molecule has 2 N–H and O–H groups in total. The minimum absolute atomic E-state index is 0. The topological polar surface area (TPSA) is 52.3 Å². The number of carbonyl (C=O) groups excluding carboxylic acids is 1. The van der Waals surface area contributed by atoms with E-state index in [9.17, 15) is 9.18 Å². The van der Waals surface area contributed by atoms with E-state index >= 15 is 0 Å². The van der Waals surface area contributed by atoms with Crippen LogP contribution in [0.5, 0.6) is 0 Å². The van der Waals surface area contributed by atoms with Crippen LogP contribution in [0.4, 0.5) is 4.39 Å². The summed E-state index contributed by atoms with van der Waals surface area (Å²) in [6, 6.07) is 3.98. The summed E-state index contributed by atoms with van der Waals surface area (Å²) in [6.07, 6.45) is 0. The SMILES string of the molecule is COC(=O)c1ccc(C(C)N)cc1F.Cl. The van der Waals surface area contributed by atoms with Gasteiger partial charge in [-0.3, -0.25) is 0 Å². The molecule has 5 heteroatoms. The maximum Gasteiger partial charge on any atom is 0.340 e. The van der Waals surface area contributed by atoms with Crippen molar-refractivity contribution in [2.24, 2.45) is 5.73 Å². The van der Waals surface area contributed by atoms with Crippen molar-refractivity contribution >= 4 is 18.4 Å². The quantitative estimate of drug-likeness (QED) is 0.796. The Labute approximate surface area is 93.8 Å². The monoisotopic (exact) mass is 233 g/mol. The largest absolute Gasteiger partial charge is 0.465 e. The molecule has 15 heavy (non-hydrogen) atoms. The van der Waals surface area contributed by atoms with Crippen molar-refractivity contribution in [2.45, 2.75) is 13.0 Å². The Bertz CT molecular complexity index is 355. The lowest BCUT2D eigenvalue weighted by molar-refractivity contribution is 0.0595. The first-order chi connectivity index (χ1) is 6.56. The number of ether oxygens (including phenoxy) is 1. The molecule has 0 radical (unpaired) electrons. The van der Waals surface area contributed by atoms with Gasteiger partial charge in [0.2, 0.25) is 0 Å². The van der Waals surface area contributed by atoms with Crippen LogP contribution in [0, 0.1) is 5.82 Å². The average Bonchev–Trinajstić information content (AvgIpc) is 2.16. The average molecular weight is 234 g/mol. The first-order valence-corrected chi connectivity index (χ1v) is 4.19. The maximum atomic E-state index is 13.3. The fourth-order valence-electron chi connectivity index (χ4n) is 1.09. The minimum Gasteiger partial charge on any atom is -0.465 e. The minimum atomic E-state index is -0.682. The van der Waals surface area contributed by atoms with Gasteiger partial charge in [-0.15, -0.1) is 12.4 Å². The van der Waals surface area contributed by atoms with Gasteiger partial charge in [-0.2, -0.15) is 0 Å². The lowest BCUT2D eigenvalue weighted by atomic mass is 10.1. The fourth-order valence-corrected chi connectivity index (χ4v) is 1.09. The molecule has 1 aromatic carbocycles. The molecule has 0 aromatic heterocycles. The lowest BCUT2D eigenvalue weighted by Gasteiger charge is -2.07. The summed E-state index contributed by atoms with van der Waals surface area (Å²) >= 11 is 0. The van der Waals surface area contributed by atoms with Gasteiger partial charge >= 0.3 is 5.97 Å². The van der Waals surface area contributed by atoms with Gasteiger partial charge in [-0.1, -0.05) is 6.07 Å². The van der Waals surface area contributed by atoms with E-state index in [-0.39, 0.29) is 24.0 Å². The zero-order chi connectivity index (χ0) is 10.7. The molecule has 0 heterocycles. The van der Waals surface area contributed by atoms with Crippen LogP contribution >= 0.6 is 12.4 Å². The number of hydrogen-bond acceptors (Lipinski definition) is 3. The molecule has 0 aliphatic rings. The molecule has 0 fully saturated rings. The smallest absolute Gasteiger partial charge is 0.340 e. The van der Waals surface area contributed by atoms with Crippen molar-refractivity contribution in [1.29, 1.82) is 0 Å². The standard InChI is InChI=1S/C10H12FNO2.ClH/c1-6(12)7-3-4-8(9(11)5-7)10(13)14-2;/h3-6H,12H2,1-2H3;1H. The molecular weight excluding hydrogens is 221 g/mol. The van der Waals surface area contributed by atoms with Gasteiger partial charge in [0.15, 0.2) is 0 Å². The van der Waals surface area contributed by atoms with E-state index in [4.69, 9.17) is 5.73 Å². The summed E-state index contributed by atoms with van der Waals surface area (Å²) in [5, 5.41) is 0. The predicted molar refractivity (Wildman–Crippen MR) is 57.6 cm³/mol. The van der Waals surface area contributed by atoms with Crippen LogP contribution in [0.25, 0.3) is 0 Å². The van der Waals surface area contributed by atoms with Crippen molar-refractivity contribution < 1.29 is 13.9 Å². The van der Waals surface area contributed by atoms with Crippen LogP contribution in [-0.4, -0.2) is 13.1 Å². The number of nitrogens with two attached hydrogens (primary N) is 1. The van der Waals surface area contributed by atoms with E-state index in [1.165, 1.54) is 19.2 Å². The zero-order valence-corrected chi connectivity index (χ0v) is 9.31. The van der Waals surface area contributed by atoms with Gasteiger partial charge in [0.1, 0.15) is 5.82 Å². The van der Waals surface area contributed by atoms with Crippen LogP contribution in [-0.2, 0) is 4.74 Å². The normalized spacial score (nSPS) is 11.5. The summed E-state index contributed by atoms with van der Waals surface area (Å²) in [4.78, 5) is 11.0. The maximum absolute atomic E-state index is 13.3. The Morgan fingerprint density at radius 1 is 1.53 bits per heavy atom. The number of methoxy groups -OCH3 is 1. The molecule has 84 valence electrons. The molecule has 1 unspecified atom stereocenters. The van der Waals surface area contributed by atoms with Crippen LogP contribution in [0.3, 0.4) is 0 Å². The molecule has 1 atom stereocenters. The highest BCUT2D eigenvalue weighted by Gasteiger charge is 2.12. The van der Waals surface area contributed by atoms with Gasteiger partial charge in [0.25, 0.3) is 0 Å². The Morgan fingerprint density at radius 2 is 2.13 bits per heavy atom. The summed E-state index contributed by atoms with van der Waals surface area (Å²) < 4.78 is 17.7. The third kappa shape index (κ3) is 3.18. The van der Waals surface area contributed by atoms with Gasteiger partial charge < -0.3 is 10.5 Å². The van der Waals surface area contributed by atoms with Crippen LogP contribution in [0.15, 0.2) is 18.2 Å². The molecule has 0 aliphatic carbocycles. The number of halogens is 2. The Hall–Kier alpha value is -1.13. The second kappa shape index (κ2) is 5.68. The van der Waals surface area contributed by atoms with Gasteiger partial charge in [0, 0.05) is 6.04 Å². The third-order valence-electron chi connectivity index (χ3n) is 1.92. The third-order valence-corrected chi connectivity index (χ3v) is 1.92. The highest BCUT2D eigenvalue weighted by atomic mass is 35.5. The number of benzene rings is 1. The summed E-state index contributed by atoms with van der Waals surface area (Å²) in [5.41, 5.74) is 6.13. The summed E-state index contributed by atoms with van der Waals surface area (Å²) in [5.74, 6) is -1.29. The highest BCUT2D eigenvalue weighted by Crippen LogP contribution is 2.15. The van der Waals surface area contributed by atoms with Crippen LogP contribution < -0.4 is 5.73 Å². The molecule has 0 spiro atoms. The van der Waals surface area contributed by atoms with Gasteiger partial charge in [-0.05, 0) is 24.6 Å². The zero-order valence-electron chi connectivity index (χ0n) is 8.49. The number of carbonyl (C=O) groups is 1.